The average molecular weight is 758 g/mol. The van der Waals surface area contributed by atoms with Crippen LogP contribution in [0.25, 0.3) is 102 Å². The van der Waals surface area contributed by atoms with Gasteiger partial charge in [0.1, 0.15) is 6.34 Å². The van der Waals surface area contributed by atoms with Crippen LogP contribution in [-0.4, -0.2) is 16.9 Å². The Morgan fingerprint density at radius 3 is 2.12 bits per heavy atom. The number of hydrogen-bond acceptors (Lipinski definition) is 3. The van der Waals surface area contributed by atoms with Crippen LogP contribution in [0, 0.1) is 0 Å². The molecule has 0 saturated carbocycles. The van der Waals surface area contributed by atoms with Crippen molar-refractivity contribution in [1.82, 2.24) is 4.57 Å². The molecular weight excluding hydrogens is 723 g/mol. The zero-order valence-corrected chi connectivity index (χ0v) is 32.2. The van der Waals surface area contributed by atoms with Gasteiger partial charge in [0, 0.05) is 47.3 Å². The van der Waals surface area contributed by atoms with E-state index in [1.807, 2.05) is 29.8 Å². The van der Waals surface area contributed by atoms with Gasteiger partial charge in [-0.15, -0.1) is 11.3 Å². The molecule has 0 amide bonds. The third-order valence-electron chi connectivity index (χ3n) is 12.0. The molecule has 1 aliphatic carbocycles. The Bertz CT molecular complexity index is 3650. The lowest BCUT2D eigenvalue weighted by Crippen LogP contribution is -2.21. The second kappa shape index (κ2) is 13.0. The van der Waals surface area contributed by atoms with Gasteiger partial charge in [-0.25, -0.2) is 4.99 Å². The molecule has 3 nitrogen and oxygen atoms in total. The molecule has 1 unspecified atom stereocenters. The van der Waals surface area contributed by atoms with E-state index >= 15 is 0 Å². The molecular formula is C54H35N3S. The molecule has 0 bridgehead atoms. The molecule has 12 rings (SSSR count). The Hall–Kier alpha value is -7.11. The van der Waals surface area contributed by atoms with Crippen molar-refractivity contribution in [3.63, 3.8) is 0 Å². The minimum absolute atomic E-state index is 0.272. The Labute approximate surface area is 338 Å². The summed E-state index contributed by atoms with van der Waals surface area (Å²) in [5.41, 5.74) is 14.4. The number of aliphatic imine (C=N–C) groups is 1. The van der Waals surface area contributed by atoms with Crippen molar-refractivity contribution in [3.05, 3.63) is 199 Å². The molecule has 0 fully saturated rings. The summed E-state index contributed by atoms with van der Waals surface area (Å²) in [6, 6.07) is 59.6. The van der Waals surface area contributed by atoms with E-state index in [2.05, 4.69) is 181 Å². The lowest BCUT2D eigenvalue weighted by Gasteiger charge is -2.17. The SMILES string of the molecule is NC1C=CC=C/C1=C(/N=C/n1c2ccccc2c2c3c4ccccc4c(-c4ccc5sc6ccccc6c5c4)cc3c3ccccc3c21)c1ccc2ccccc2c1. The van der Waals surface area contributed by atoms with E-state index in [-0.39, 0.29) is 6.04 Å². The van der Waals surface area contributed by atoms with Gasteiger partial charge >= 0.3 is 0 Å². The normalized spacial score (nSPS) is 15.5. The van der Waals surface area contributed by atoms with Crippen LogP contribution in [0.5, 0.6) is 0 Å². The second-order valence-corrected chi connectivity index (χ2v) is 16.3. The summed E-state index contributed by atoms with van der Waals surface area (Å²) in [6.07, 6.45) is 10.2. The van der Waals surface area contributed by atoms with Crippen molar-refractivity contribution in [2.75, 3.05) is 0 Å². The van der Waals surface area contributed by atoms with E-state index < -0.39 is 0 Å². The van der Waals surface area contributed by atoms with Gasteiger partial charge in [-0.1, -0.05) is 152 Å². The highest BCUT2D eigenvalue weighted by Crippen LogP contribution is 2.47. The maximum Gasteiger partial charge on any atom is 0.100 e. The van der Waals surface area contributed by atoms with Crippen molar-refractivity contribution in [3.8, 4) is 11.1 Å². The van der Waals surface area contributed by atoms with Gasteiger partial charge in [0.15, 0.2) is 0 Å². The molecule has 2 N–H and O–H groups in total. The summed E-state index contributed by atoms with van der Waals surface area (Å²) in [6.45, 7) is 0. The third kappa shape index (κ3) is 4.99. The Balaban J connectivity index is 1.16. The molecule has 4 heteroatoms. The van der Waals surface area contributed by atoms with Crippen LogP contribution in [-0.2, 0) is 0 Å². The van der Waals surface area contributed by atoms with Crippen LogP contribution in [0.1, 0.15) is 5.56 Å². The van der Waals surface area contributed by atoms with E-state index in [4.69, 9.17) is 10.7 Å². The van der Waals surface area contributed by atoms with Gasteiger partial charge in [0.2, 0.25) is 0 Å². The predicted octanol–water partition coefficient (Wildman–Crippen LogP) is 14.2. The van der Waals surface area contributed by atoms with Crippen molar-refractivity contribution >= 4 is 108 Å². The number of aromatic nitrogens is 1. The van der Waals surface area contributed by atoms with E-state index in [0.717, 1.165) is 27.9 Å². The molecule has 1 atom stereocenters. The summed E-state index contributed by atoms with van der Waals surface area (Å²) in [4.78, 5) is 5.42. The molecule has 0 saturated heterocycles. The minimum Gasteiger partial charge on any atom is -0.321 e. The largest absolute Gasteiger partial charge is 0.321 e. The van der Waals surface area contributed by atoms with Gasteiger partial charge in [-0.2, -0.15) is 0 Å². The first-order chi connectivity index (χ1) is 28.7. The highest BCUT2D eigenvalue weighted by atomic mass is 32.1. The third-order valence-corrected chi connectivity index (χ3v) is 13.2. The lowest BCUT2D eigenvalue weighted by atomic mass is 9.88. The number of hydrogen-bond donors (Lipinski definition) is 1. The molecule has 2 aromatic heterocycles. The Morgan fingerprint density at radius 1 is 0.552 bits per heavy atom. The van der Waals surface area contributed by atoms with E-state index in [0.29, 0.717) is 0 Å². The monoisotopic (exact) mass is 757 g/mol. The van der Waals surface area contributed by atoms with E-state index in [9.17, 15) is 0 Å². The van der Waals surface area contributed by atoms with Crippen LogP contribution < -0.4 is 5.73 Å². The summed E-state index contributed by atoms with van der Waals surface area (Å²) < 4.78 is 4.94. The Kier molecular flexibility index (Phi) is 7.39. The number of thiophene rings is 1. The summed E-state index contributed by atoms with van der Waals surface area (Å²) in [5.74, 6) is 0. The van der Waals surface area contributed by atoms with Crippen LogP contribution in [0.4, 0.5) is 0 Å². The first-order valence-electron chi connectivity index (χ1n) is 19.8. The topological polar surface area (TPSA) is 43.3 Å². The van der Waals surface area contributed by atoms with Gasteiger partial charge in [0.25, 0.3) is 0 Å². The molecule has 58 heavy (non-hydrogen) atoms. The highest BCUT2D eigenvalue weighted by Gasteiger charge is 2.22. The number of nitrogens with zero attached hydrogens (tertiary/aromatic N) is 2. The molecule has 2 heterocycles. The van der Waals surface area contributed by atoms with Crippen LogP contribution in [0.3, 0.4) is 0 Å². The highest BCUT2D eigenvalue weighted by molar-refractivity contribution is 7.25. The predicted molar refractivity (Wildman–Crippen MR) is 251 cm³/mol. The maximum atomic E-state index is 6.77. The van der Waals surface area contributed by atoms with E-state index in [1.165, 1.54) is 85.2 Å². The molecule has 0 aliphatic heterocycles. The van der Waals surface area contributed by atoms with Crippen molar-refractivity contribution in [2.45, 2.75) is 6.04 Å². The quantitative estimate of drug-likeness (QED) is 0.108. The smallest absolute Gasteiger partial charge is 0.100 e. The Morgan fingerprint density at radius 2 is 1.26 bits per heavy atom. The van der Waals surface area contributed by atoms with Crippen molar-refractivity contribution in [2.24, 2.45) is 10.7 Å². The number of fused-ring (bicyclic) bond motifs is 14. The second-order valence-electron chi connectivity index (χ2n) is 15.2. The number of benzene rings is 9. The number of allylic oxidation sites excluding steroid dienone is 2. The van der Waals surface area contributed by atoms with Crippen molar-refractivity contribution < 1.29 is 0 Å². The number of nitrogens with two attached hydrogens (primary N) is 1. The molecule has 0 spiro atoms. The molecule has 1 aliphatic rings. The van der Waals surface area contributed by atoms with Crippen LogP contribution in [0.2, 0.25) is 0 Å². The number of para-hydroxylation sites is 1. The van der Waals surface area contributed by atoms with Gasteiger partial charge in [0.05, 0.1) is 22.8 Å². The zero-order valence-electron chi connectivity index (χ0n) is 31.4. The van der Waals surface area contributed by atoms with Crippen LogP contribution >= 0.6 is 11.3 Å². The van der Waals surface area contributed by atoms with Gasteiger partial charge < -0.3 is 5.73 Å². The molecule has 9 aromatic carbocycles. The fourth-order valence-corrected chi connectivity index (χ4v) is 10.5. The van der Waals surface area contributed by atoms with E-state index in [1.54, 1.807) is 0 Å². The molecule has 11 aromatic rings. The number of rotatable bonds is 4. The summed E-state index contributed by atoms with van der Waals surface area (Å²) >= 11 is 1.86. The van der Waals surface area contributed by atoms with Gasteiger partial charge in [-0.3, -0.25) is 4.57 Å². The van der Waals surface area contributed by atoms with Crippen molar-refractivity contribution in [1.29, 1.82) is 0 Å². The average Bonchev–Trinajstić information content (AvgIpc) is 3.82. The minimum atomic E-state index is -0.272. The lowest BCUT2D eigenvalue weighted by molar-refractivity contribution is 0.970. The van der Waals surface area contributed by atoms with Gasteiger partial charge in [-0.05, 0) is 85.4 Å². The first-order valence-corrected chi connectivity index (χ1v) is 20.6. The fraction of sp³-hybridized carbons (Fsp3) is 0.0185. The fourth-order valence-electron chi connectivity index (χ4n) is 9.38. The maximum absolute atomic E-state index is 6.77. The summed E-state index contributed by atoms with van der Waals surface area (Å²) in [5, 5.41) is 14.8. The molecule has 0 radical (unpaired) electrons. The zero-order chi connectivity index (χ0) is 38.3. The summed E-state index contributed by atoms with van der Waals surface area (Å²) in [7, 11) is 0. The van der Waals surface area contributed by atoms with Crippen LogP contribution in [0.15, 0.2) is 199 Å². The first kappa shape index (κ1) is 33.1. The molecule has 272 valence electrons. The standard InChI is InChI=1S/C54H35N3S/c55-47-22-10-7-20-42(47)53(36-26-25-33-13-1-2-14-34(33)29-36)56-32-57-48-23-11-8-21-43(48)52-51-40-18-5-3-15-37(40)44(31-46(51)38-16-4-6-19-41(38)54(52)57)35-27-28-50-45(30-35)39-17-9-12-24-49(39)58-50/h1-32,47H,55H2/b53-42-,56-32+.